The molecular weight excluding hydrogens is 274 g/mol. The molecule has 2 unspecified atom stereocenters. The second kappa shape index (κ2) is 5.84. The van der Waals surface area contributed by atoms with E-state index in [1.165, 1.54) is 11.1 Å². The number of hydrogen-bond acceptors (Lipinski definition) is 4. The van der Waals surface area contributed by atoms with E-state index in [1.807, 2.05) is 6.07 Å². The maximum Gasteiger partial charge on any atom is 0.154 e. The van der Waals surface area contributed by atoms with Crippen molar-refractivity contribution >= 4 is 9.84 Å². The van der Waals surface area contributed by atoms with Crippen LogP contribution in [0.5, 0.6) is 0 Å². The molecule has 2 heterocycles. The maximum absolute atomic E-state index is 11.8. The van der Waals surface area contributed by atoms with Crippen molar-refractivity contribution in [2.45, 2.75) is 30.6 Å². The second-order valence-corrected chi connectivity index (χ2v) is 8.00. The molecule has 2 aliphatic heterocycles. The minimum Gasteiger partial charge on any atom is -0.372 e. The summed E-state index contributed by atoms with van der Waals surface area (Å²) in [6.45, 7) is 1.97. The first-order chi connectivity index (χ1) is 9.67. The van der Waals surface area contributed by atoms with E-state index in [1.54, 1.807) is 0 Å². The third-order valence-electron chi connectivity index (χ3n) is 4.26. The van der Waals surface area contributed by atoms with Crippen molar-refractivity contribution < 1.29 is 13.2 Å². The molecule has 2 atom stereocenters. The van der Waals surface area contributed by atoms with Crippen LogP contribution in [0.25, 0.3) is 0 Å². The lowest BCUT2D eigenvalue weighted by Crippen LogP contribution is -2.34. The minimum atomic E-state index is -2.85. The highest BCUT2D eigenvalue weighted by Crippen LogP contribution is 2.26. The molecule has 4 nitrogen and oxygen atoms in total. The molecule has 0 aromatic heterocycles. The summed E-state index contributed by atoms with van der Waals surface area (Å²) >= 11 is 0. The SMILES string of the molecule is O=S1(=O)CCCC1CNCC1OCCc2ccccc21. The van der Waals surface area contributed by atoms with E-state index in [0.29, 0.717) is 18.8 Å². The number of rotatable bonds is 4. The lowest BCUT2D eigenvalue weighted by atomic mass is 9.97. The Hall–Kier alpha value is -0.910. The molecule has 0 bridgehead atoms. The monoisotopic (exact) mass is 295 g/mol. The first kappa shape index (κ1) is 14.0. The number of hydrogen-bond donors (Lipinski definition) is 1. The molecule has 1 N–H and O–H groups in total. The van der Waals surface area contributed by atoms with Crippen LogP contribution in [-0.4, -0.2) is 39.1 Å². The summed E-state index contributed by atoms with van der Waals surface area (Å²) in [6, 6.07) is 8.33. The summed E-state index contributed by atoms with van der Waals surface area (Å²) in [5.41, 5.74) is 2.58. The normalized spacial score (nSPS) is 28.2. The quantitative estimate of drug-likeness (QED) is 0.914. The van der Waals surface area contributed by atoms with Crippen molar-refractivity contribution in [3.63, 3.8) is 0 Å². The number of fused-ring (bicyclic) bond motifs is 1. The van der Waals surface area contributed by atoms with Gasteiger partial charge in [0.2, 0.25) is 0 Å². The van der Waals surface area contributed by atoms with Crippen molar-refractivity contribution in [2.24, 2.45) is 0 Å². The van der Waals surface area contributed by atoms with Gasteiger partial charge in [0.25, 0.3) is 0 Å². The maximum atomic E-state index is 11.8. The highest BCUT2D eigenvalue weighted by Gasteiger charge is 2.31. The zero-order valence-electron chi connectivity index (χ0n) is 11.5. The van der Waals surface area contributed by atoms with Gasteiger partial charge in [0.05, 0.1) is 23.7 Å². The Bertz CT molecular complexity index is 570. The van der Waals surface area contributed by atoms with Crippen LogP contribution in [0.1, 0.15) is 30.1 Å². The van der Waals surface area contributed by atoms with Crippen molar-refractivity contribution in [3.05, 3.63) is 35.4 Å². The molecule has 0 spiro atoms. The molecule has 1 fully saturated rings. The lowest BCUT2D eigenvalue weighted by molar-refractivity contribution is 0.0427. The lowest BCUT2D eigenvalue weighted by Gasteiger charge is -2.26. The first-order valence-corrected chi connectivity index (χ1v) is 9.00. The molecule has 3 rings (SSSR count). The predicted octanol–water partition coefficient (Wildman–Crippen LogP) is 1.47. The molecule has 20 heavy (non-hydrogen) atoms. The van der Waals surface area contributed by atoms with Crippen LogP contribution in [-0.2, 0) is 21.0 Å². The summed E-state index contributed by atoms with van der Waals surface area (Å²) in [5, 5.41) is 3.08. The summed E-state index contributed by atoms with van der Waals surface area (Å²) in [7, 11) is -2.85. The van der Waals surface area contributed by atoms with Crippen LogP contribution in [0, 0.1) is 0 Å². The molecule has 0 aliphatic carbocycles. The van der Waals surface area contributed by atoms with E-state index in [4.69, 9.17) is 4.74 Å². The fourth-order valence-electron chi connectivity index (χ4n) is 3.11. The summed E-state index contributed by atoms with van der Waals surface area (Å²) in [5.74, 6) is 0.349. The van der Waals surface area contributed by atoms with Gasteiger partial charge in [0, 0.05) is 13.1 Å². The molecule has 0 amide bonds. The predicted molar refractivity (Wildman–Crippen MR) is 78.5 cm³/mol. The number of ether oxygens (including phenoxy) is 1. The zero-order chi connectivity index (χ0) is 14.0. The van der Waals surface area contributed by atoms with Crippen LogP contribution >= 0.6 is 0 Å². The van der Waals surface area contributed by atoms with Gasteiger partial charge in [-0.1, -0.05) is 24.3 Å². The molecule has 0 saturated carbocycles. The van der Waals surface area contributed by atoms with Gasteiger partial charge in [-0.15, -0.1) is 0 Å². The smallest absolute Gasteiger partial charge is 0.154 e. The van der Waals surface area contributed by atoms with Crippen molar-refractivity contribution in [1.82, 2.24) is 5.32 Å². The van der Waals surface area contributed by atoms with Crippen LogP contribution < -0.4 is 5.32 Å². The number of nitrogens with one attached hydrogen (secondary N) is 1. The highest BCUT2D eigenvalue weighted by molar-refractivity contribution is 7.92. The minimum absolute atomic E-state index is 0.0454. The van der Waals surface area contributed by atoms with Crippen molar-refractivity contribution in [3.8, 4) is 0 Å². The van der Waals surface area contributed by atoms with E-state index >= 15 is 0 Å². The van der Waals surface area contributed by atoms with Crippen molar-refractivity contribution in [1.29, 1.82) is 0 Å². The van der Waals surface area contributed by atoms with Gasteiger partial charge in [0.15, 0.2) is 9.84 Å². The molecule has 110 valence electrons. The average molecular weight is 295 g/mol. The summed E-state index contributed by atoms with van der Waals surface area (Å²) in [4.78, 5) is 0. The van der Waals surface area contributed by atoms with E-state index < -0.39 is 9.84 Å². The van der Waals surface area contributed by atoms with E-state index in [9.17, 15) is 8.42 Å². The zero-order valence-corrected chi connectivity index (χ0v) is 12.4. The standard InChI is InChI=1S/C15H21NO3S/c17-20(18)9-3-5-13(20)10-16-11-15-14-6-2-1-4-12(14)7-8-19-15/h1-2,4,6,13,15-16H,3,5,7-11H2. The molecule has 0 radical (unpaired) electrons. The Morgan fingerprint density at radius 2 is 2.10 bits per heavy atom. The van der Waals surface area contributed by atoms with Gasteiger partial charge in [-0.2, -0.15) is 0 Å². The van der Waals surface area contributed by atoms with Gasteiger partial charge < -0.3 is 10.1 Å². The van der Waals surface area contributed by atoms with E-state index in [2.05, 4.69) is 23.5 Å². The Kier molecular flexibility index (Phi) is 4.10. The average Bonchev–Trinajstić information content (AvgIpc) is 2.78. The Balaban J connectivity index is 1.57. The first-order valence-electron chi connectivity index (χ1n) is 7.28. The topological polar surface area (TPSA) is 55.4 Å². The van der Waals surface area contributed by atoms with Crippen LogP contribution in [0.15, 0.2) is 24.3 Å². The highest BCUT2D eigenvalue weighted by atomic mass is 32.2. The molecule has 1 aromatic rings. The van der Waals surface area contributed by atoms with E-state index in [0.717, 1.165) is 25.9 Å². The summed E-state index contributed by atoms with van der Waals surface area (Å²) in [6.07, 6.45) is 2.60. The third-order valence-corrected chi connectivity index (χ3v) is 6.53. The van der Waals surface area contributed by atoms with Crippen LogP contribution in [0.2, 0.25) is 0 Å². The Morgan fingerprint density at radius 3 is 2.90 bits per heavy atom. The van der Waals surface area contributed by atoms with Gasteiger partial charge in [-0.05, 0) is 30.4 Å². The Morgan fingerprint density at radius 1 is 1.25 bits per heavy atom. The van der Waals surface area contributed by atoms with Gasteiger partial charge in [-0.3, -0.25) is 0 Å². The molecule has 5 heteroatoms. The number of sulfone groups is 1. The second-order valence-electron chi connectivity index (χ2n) is 5.60. The van der Waals surface area contributed by atoms with Gasteiger partial charge in [-0.25, -0.2) is 8.42 Å². The third kappa shape index (κ3) is 2.90. The molecule has 2 aliphatic rings. The molecule has 1 aromatic carbocycles. The fraction of sp³-hybridized carbons (Fsp3) is 0.600. The summed E-state index contributed by atoms with van der Waals surface area (Å²) < 4.78 is 29.4. The van der Waals surface area contributed by atoms with E-state index in [-0.39, 0.29) is 11.4 Å². The Labute approximate surface area is 120 Å². The molecule has 1 saturated heterocycles. The molecular formula is C15H21NO3S. The van der Waals surface area contributed by atoms with Gasteiger partial charge in [0.1, 0.15) is 0 Å². The van der Waals surface area contributed by atoms with Gasteiger partial charge >= 0.3 is 0 Å². The fourth-order valence-corrected chi connectivity index (χ4v) is 4.91. The van der Waals surface area contributed by atoms with Crippen LogP contribution in [0.3, 0.4) is 0 Å². The van der Waals surface area contributed by atoms with Crippen LogP contribution in [0.4, 0.5) is 0 Å². The number of benzene rings is 1. The largest absolute Gasteiger partial charge is 0.372 e. The van der Waals surface area contributed by atoms with Crippen molar-refractivity contribution in [2.75, 3.05) is 25.4 Å².